The Balaban J connectivity index is 1.78. The monoisotopic (exact) mass is 400 g/mol. The Morgan fingerprint density at radius 3 is 2.61 bits per heavy atom. The van der Waals surface area contributed by atoms with Gasteiger partial charge in [0, 0.05) is 12.6 Å². The Labute approximate surface area is 162 Å². The average Bonchev–Trinajstić information content (AvgIpc) is 3.07. The van der Waals surface area contributed by atoms with Gasteiger partial charge in [-0.25, -0.2) is 14.6 Å². The van der Waals surface area contributed by atoms with Gasteiger partial charge in [0.1, 0.15) is 21.3 Å². The molecule has 3 aromatic rings. The van der Waals surface area contributed by atoms with Crippen LogP contribution in [0.5, 0.6) is 0 Å². The first-order valence-corrected chi connectivity index (χ1v) is 8.93. The maximum absolute atomic E-state index is 12.4. The minimum Gasteiger partial charge on any atom is -0.453 e. The number of carbonyl (C=O) groups is 2. The zero-order chi connectivity index (χ0) is 20.4. The minimum absolute atomic E-state index is 0.258. The lowest BCUT2D eigenvalue weighted by Gasteiger charge is -2.08. The van der Waals surface area contributed by atoms with Gasteiger partial charge >= 0.3 is 11.7 Å². The maximum atomic E-state index is 12.4. The Morgan fingerprint density at radius 1 is 1.25 bits per heavy atom. The molecule has 0 saturated heterocycles. The lowest BCUT2D eigenvalue weighted by atomic mass is 10.2. The van der Waals surface area contributed by atoms with Crippen molar-refractivity contribution in [2.24, 2.45) is 7.05 Å². The molecule has 144 valence electrons. The van der Waals surface area contributed by atoms with E-state index in [-0.39, 0.29) is 10.7 Å². The van der Waals surface area contributed by atoms with Crippen molar-refractivity contribution >= 4 is 28.9 Å². The zero-order valence-electron chi connectivity index (χ0n) is 15.0. The lowest BCUT2D eigenvalue weighted by Crippen LogP contribution is -2.35. The van der Waals surface area contributed by atoms with E-state index < -0.39 is 35.2 Å². The highest BCUT2D eigenvalue weighted by Gasteiger charge is 2.22. The molecule has 28 heavy (non-hydrogen) atoms. The van der Waals surface area contributed by atoms with Gasteiger partial charge in [-0.1, -0.05) is 30.3 Å². The molecule has 0 unspecified atom stereocenters. The summed E-state index contributed by atoms with van der Waals surface area (Å²) < 4.78 is 5.97. The zero-order valence-corrected chi connectivity index (χ0v) is 15.8. The quantitative estimate of drug-likeness (QED) is 0.484. The van der Waals surface area contributed by atoms with Crippen LogP contribution in [0.4, 0.5) is 5.82 Å². The van der Waals surface area contributed by atoms with Crippen LogP contribution in [0.25, 0.3) is 10.6 Å². The van der Waals surface area contributed by atoms with Gasteiger partial charge in [-0.15, -0.1) is 11.3 Å². The number of aromatic nitrogens is 3. The molecule has 0 fully saturated rings. The van der Waals surface area contributed by atoms with E-state index in [0.717, 1.165) is 21.5 Å². The molecule has 0 radical (unpaired) electrons. The van der Waals surface area contributed by atoms with Crippen molar-refractivity contribution in [1.29, 1.82) is 0 Å². The first-order chi connectivity index (χ1) is 13.3. The van der Waals surface area contributed by atoms with Crippen molar-refractivity contribution < 1.29 is 14.3 Å². The number of benzene rings is 1. The Hall–Kier alpha value is -3.53. The molecule has 0 bridgehead atoms. The van der Waals surface area contributed by atoms with Crippen LogP contribution in [0.15, 0.2) is 39.9 Å². The van der Waals surface area contributed by atoms with Gasteiger partial charge in [-0.3, -0.25) is 19.1 Å². The van der Waals surface area contributed by atoms with Crippen molar-refractivity contribution in [2.75, 3.05) is 12.3 Å². The number of aryl methyl sites for hydroxylation is 1. The SMILES string of the molecule is Cc1nc(-c2ccccc2)sc1C(=O)OCC(=O)c1c(N)n(C)c(=O)[nH]c1=O. The molecular formula is C18H16N4O5S. The minimum atomic E-state index is -0.929. The smallest absolute Gasteiger partial charge is 0.350 e. The van der Waals surface area contributed by atoms with Gasteiger partial charge in [0.25, 0.3) is 5.56 Å². The van der Waals surface area contributed by atoms with Gasteiger partial charge in [0.05, 0.1) is 5.69 Å². The predicted molar refractivity (Wildman–Crippen MR) is 104 cm³/mol. The summed E-state index contributed by atoms with van der Waals surface area (Å²) >= 11 is 1.14. The van der Waals surface area contributed by atoms with E-state index >= 15 is 0 Å². The second kappa shape index (κ2) is 7.61. The van der Waals surface area contributed by atoms with Gasteiger partial charge in [0.15, 0.2) is 6.61 Å². The number of rotatable bonds is 5. The molecule has 9 nitrogen and oxygen atoms in total. The van der Waals surface area contributed by atoms with Gasteiger partial charge in [0.2, 0.25) is 5.78 Å². The van der Waals surface area contributed by atoms with Crippen molar-refractivity contribution in [3.63, 3.8) is 0 Å². The van der Waals surface area contributed by atoms with Crippen LogP contribution in [0, 0.1) is 6.92 Å². The number of carbonyl (C=O) groups excluding carboxylic acids is 2. The molecule has 0 saturated carbocycles. The first kappa shape index (κ1) is 19.2. The van der Waals surface area contributed by atoms with Gasteiger partial charge in [-0.05, 0) is 6.92 Å². The molecule has 0 aliphatic heterocycles. The molecule has 0 aliphatic carbocycles. The fraction of sp³-hybridized carbons (Fsp3) is 0.167. The maximum Gasteiger partial charge on any atom is 0.350 e. The summed E-state index contributed by atoms with van der Waals surface area (Å²) in [5, 5.41) is 0.648. The van der Waals surface area contributed by atoms with Gasteiger partial charge < -0.3 is 10.5 Å². The number of ether oxygens (including phenoxy) is 1. The van der Waals surface area contributed by atoms with Crippen LogP contribution < -0.4 is 17.0 Å². The number of aromatic amines is 1. The number of nitrogens with zero attached hydrogens (tertiary/aromatic N) is 2. The molecule has 1 aromatic carbocycles. The normalized spacial score (nSPS) is 10.6. The van der Waals surface area contributed by atoms with Crippen LogP contribution >= 0.6 is 11.3 Å². The molecule has 0 aliphatic rings. The van der Waals surface area contributed by atoms with E-state index in [1.807, 2.05) is 35.3 Å². The number of thiazole rings is 1. The molecular weight excluding hydrogens is 384 g/mol. The number of nitrogen functional groups attached to an aromatic ring is 1. The van der Waals surface area contributed by atoms with E-state index in [2.05, 4.69) is 4.98 Å². The van der Waals surface area contributed by atoms with E-state index in [0.29, 0.717) is 10.7 Å². The fourth-order valence-electron chi connectivity index (χ4n) is 2.47. The first-order valence-electron chi connectivity index (χ1n) is 8.11. The molecule has 3 rings (SSSR count). The number of nitrogens with one attached hydrogen (secondary N) is 1. The second-order valence-electron chi connectivity index (χ2n) is 5.88. The summed E-state index contributed by atoms with van der Waals surface area (Å²) in [6, 6.07) is 9.32. The number of ketones is 1. The lowest BCUT2D eigenvalue weighted by molar-refractivity contribution is 0.0478. The molecule has 10 heteroatoms. The molecule has 2 heterocycles. The third-order valence-corrected chi connectivity index (χ3v) is 5.17. The number of anilines is 1. The van der Waals surface area contributed by atoms with Crippen LogP contribution in [-0.4, -0.2) is 32.9 Å². The highest BCUT2D eigenvalue weighted by atomic mass is 32.1. The number of H-pyrrole nitrogens is 1. The highest BCUT2D eigenvalue weighted by Crippen LogP contribution is 2.28. The van der Waals surface area contributed by atoms with Crippen molar-refractivity contribution in [3.05, 3.63) is 67.3 Å². The highest BCUT2D eigenvalue weighted by molar-refractivity contribution is 7.17. The Bertz CT molecular complexity index is 1180. The van der Waals surface area contributed by atoms with Crippen LogP contribution in [0.1, 0.15) is 25.7 Å². The Kier molecular flexibility index (Phi) is 5.23. The standard InChI is InChI=1S/C18H16N4O5S/c1-9-13(28-16(20-9)10-6-4-3-5-7-10)17(25)27-8-11(23)12-14(19)22(2)18(26)21-15(12)24/h3-7H,8,19H2,1-2H3,(H,21,24,26). The fourth-order valence-corrected chi connectivity index (χ4v) is 3.43. The van der Waals surface area contributed by atoms with E-state index in [1.165, 1.54) is 7.05 Å². The van der Waals surface area contributed by atoms with Crippen LogP contribution in [0.3, 0.4) is 0 Å². The molecule has 2 aromatic heterocycles. The van der Waals surface area contributed by atoms with Gasteiger partial charge in [-0.2, -0.15) is 0 Å². The summed E-state index contributed by atoms with van der Waals surface area (Å²) in [6.07, 6.45) is 0. The van der Waals surface area contributed by atoms with Crippen molar-refractivity contribution in [3.8, 4) is 10.6 Å². The second-order valence-corrected chi connectivity index (χ2v) is 6.88. The predicted octanol–water partition coefficient (Wildman–Crippen LogP) is 1.13. The van der Waals surface area contributed by atoms with E-state index in [1.54, 1.807) is 6.92 Å². The average molecular weight is 400 g/mol. The number of Topliss-reactive ketones (excluding diaryl/α,β-unsaturated/α-hetero) is 1. The van der Waals surface area contributed by atoms with E-state index in [9.17, 15) is 19.2 Å². The van der Waals surface area contributed by atoms with Crippen molar-refractivity contribution in [2.45, 2.75) is 6.92 Å². The summed E-state index contributed by atoms with van der Waals surface area (Å²) in [7, 11) is 1.31. The molecule has 0 amide bonds. The topological polar surface area (TPSA) is 137 Å². The van der Waals surface area contributed by atoms with Crippen LogP contribution in [0.2, 0.25) is 0 Å². The number of nitrogens with two attached hydrogens (primary N) is 1. The third-order valence-electron chi connectivity index (χ3n) is 3.99. The summed E-state index contributed by atoms with van der Waals surface area (Å²) in [6.45, 7) is 0.972. The molecule has 0 atom stereocenters. The summed E-state index contributed by atoms with van der Waals surface area (Å²) in [4.78, 5) is 54.6. The van der Waals surface area contributed by atoms with Crippen molar-refractivity contribution in [1.82, 2.24) is 14.5 Å². The van der Waals surface area contributed by atoms with Crippen LogP contribution in [-0.2, 0) is 11.8 Å². The summed E-state index contributed by atoms with van der Waals surface area (Å²) in [5.41, 5.74) is 4.89. The molecule has 0 spiro atoms. The Morgan fingerprint density at radius 2 is 1.93 bits per heavy atom. The largest absolute Gasteiger partial charge is 0.453 e. The summed E-state index contributed by atoms with van der Waals surface area (Å²) in [5.74, 6) is -1.84. The third kappa shape index (κ3) is 3.62. The van der Waals surface area contributed by atoms with E-state index in [4.69, 9.17) is 10.5 Å². The number of hydrogen-bond donors (Lipinski definition) is 2. The molecule has 3 N–H and O–H groups in total. The number of esters is 1. The number of hydrogen-bond acceptors (Lipinski definition) is 8.